The number of primary sulfonamides is 1. The van der Waals surface area contributed by atoms with E-state index >= 15 is 0 Å². The highest BCUT2D eigenvalue weighted by atomic mass is 32.2. The first kappa shape index (κ1) is 17.6. The van der Waals surface area contributed by atoms with E-state index in [1.165, 1.54) is 35.6 Å². The van der Waals surface area contributed by atoms with Crippen molar-refractivity contribution in [3.8, 4) is 0 Å². The monoisotopic (exact) mass is 354 g/mol. The molecule has 0 bridgehead atoms. The molecule has 0 heterocycles. The van der Waals surface area contributed by atoms with E-state index < -0.39 is 20.0 Å². The second-order valence-electron chi connectivity index (χ2n) is 5.20. The Kier molecular flexibility index (Phi) is 4.90. The summed E-state index contributed by atoms with van der Waals surface area (Å²) in [5.41, 5.74) is 1.90. The Morgan fingerprint density at radius 2 is 1.43 bits per heavy atom. The Hall–Kier alpha value is -1.74. The lowest BCUT2D eigenvalue weighted by Gasteiger charge is -2.18. The molecule has 0 aliphatic rings. The number of rotatable bonds is 5. The Balaban J connectivity index is 2.29. The van der Waals surface area contributed by atoms with Crippen LogP contribution in [0.2, 0.25) is 0 Å². The molecule has 2 aromatic rings. The van der Waals surface area contributed by atoms with Gasteiger partial charge in [-0.1, -0.05) is 24.3 Å². The van der Waals surface area contributed by atoms with Crippen LogP contribution in [0.1, 0.15) is 11.1 Å². The summed E-state index contributed by atoms with van der Waals surface area (Å²) in [6.45, 7) is 2.14. The van der Waals surface area contributed by atoms with Gasteiger partial charge in [0.05, 0.1) is 9.79 Å². The van der Waals surface area contributed by atoms with Gasteiger partial charge in [0.1, 0.15) is 0 Å². The first-order valence-corrected chi connectivity index (χ1v) is 9.75. The van der Waals surface area contributed by atoms with Gasteiger partial charge in [0.2, 0.25) is 20.0 Å². The second-order valence-corrected chi connectivity index (χ2v) is 8.81. The largest absolute Gasteiger partial charge is 0.243 e. The maximum absolute atomic E-state index is 12.6. The van der Waals surface area contributed by atoms with E-state index in [1.807, 2.05) is 31.2 Å². The maximum Gasteiger partial charge on any atom is 0.243 e. The van der Waals surface area contributed by atoms with Crippen molar-refractivity contribution in [2.75, 3.05) is 7.05 Å². The van der Waals surface area contributed by atoms with Gasteiger partial charge in [0.25, 0.3) is 0 Å². The zero-order valence-corrected chi connectivity index (χ0v) is 14.4. The van der Waals surface area contributed by atoms with E-state index in [4.69, 9.17) is 5.14 Å². The van der Waals surface area contributed by atoms with Crippen LogP contribution in [0, 0.1) is 6.92 Å². The predicted octanol–water partition coefficient (Wildman–Crippen LogP) is 1.46. The predicted molar refractivity (Wildman–Crippen MR) is 87.6 cm³/mol. The molecule has 124 valence electrons. The molecule has 0 fully saturated rings. The normalized spacial score (nSPS) is 12.5. The van der Waals surface area contributed by atoms with E-state index in [0.29, 0.717) is 0 Å². The average Bonchev–Trinajstić information content (AvgIpc) is 2.48. The molecule has 6 nitrogen and oxygen atoms in total. The molecule has 0 radical (unpaired) electrons. The molecule has 0 aliphatic heterocycles. The zero-order chi connectivity index (χ0) is 17.3. The fourth-order valence-electron chi connectivity index (χ4n) is 2.09. The quantitative estimate of drug-likeness (QED) is 0.879. The topological polar surface area (TPSA) is 97.5 Å². The average molecular weight is 354 g/mol. The van der Waals surface area contributed by atoms with Crippen LogP contribution in [-0.4, -0.2) is 28.2 Å². The van der Waals surface area contributed by atoms with Gasteiger partial charge in [-0.15, -0.1) is 0 Å². The summed E-state index contributed by atoms with van der Waals surface area (Å²) in [7, 11) is -6.08. The third-order valence-electron chi connectivity index (χ3n) is 3.51. The van der Waals surface area contributed by atoms with E-state index in [-0.39, 0.29) is 16.3 Å². The Bertz CT molecular complexity index is 905. The molecule has 0 aliphatic carbocycles. The molecule has 0 atom stereocenters. The molecule has 8 heteroatoms. The SMILES string of the molecule is Cc1ccccc1CN(C)S(=O)(=O)c1ccc(S(N)(=O)=O)cc1. The van der Waals surface area contributed by atoms with Crippen LogP contribution in [0.3, 0.4) is 0 Å². The summed E-state index contributed by atoms with van der Waals surface area (Å²) in [4.78, 5) is -0.112. The number of hydrogen-bond acceptors (Lipinski definition) is 4. The highest BCUT2D eigenvalue weighted by Gasteiger charge is 2.22. The molecule has 0 unspecified atom stereocenters. The van der Waals surface area contributed by atoms with Crippen molar-refractivity contribution in [3.05, 3.63) is 59.7 Å². The lowest BCUT2D eigenvalue weighted by Crippen LogP contribution is -2.27. The molecule has 2 N–H and O–H groups in total. The molecule has 0 saturated heterocycles. The highest BCUT2D eigenvalue weighted by molar-refractivity contribution is 7.89. The van der Waals surface area contributed by atoms with Crippen molar-refractivity contribution >= 4 is 20.0 Å². The Morgan fingerprint density at radius 1 is 0.913 bits per heavy atom. The van der Waals surface area contributed by atoms with E-state index in [2.05, 4.69) is 0 Å². The lowest BCUT2D eigenvalue weighted by molar-refractivity contribution is 0.466. The fourth-order valence-corrected chi connectivity index (χ4v) is 3.76. The van der Waals surface area contributed by atoms with E-state index in [1.54, 1.807) is 0 Å². The van der Waals surface area contributed by atoms with Crippen LogP contribution in [0.15, 0.2) is 58.3 Å². The van der Waals surface area contributed by atoms with Gasteiger partial charge in [-0.05, 0) is 42.3 Å². The molecule has 23 heavy (non-hydrogen) atoms. The number of nitrogens with two attached hydrogens (primary N) is 1. The summed E-state index contributed by atoms with van der Waals surface area (Å²) in [5.74, 6) is 0. The molecule has 0 aromatic heterocycles. The van der Waals surface area contributed by atoms with Gasteiger partial charge in [-0.3, -0.25) is 0 Å². The molecule has 2 rings (SSSR count). The van der Waals surface area contributed by atoms with E-state index in [9.17, 15) is 16.8 Å². The molecule has 0 amide bonds. The number of hydrogen-bond donors (Lipinski definition) is 1. The number of sulfonamides is 2. The number of aryl methyl sites for hydroxylation is 1. The maximum atomic E-state index is 12.6. The zero-order valence-electron chi connectivity index (χ0n) is 12.8. The molecular formula is C15H18N2O4S2. The molecule has 0 spiro atoms. The van der Waals surface area contributed by atoms with Crippen LogP contribution < -0.4 is 5.14 Å². The summed E-state index contributed by atoms with van der Waals surface area (Å²) in [6, 6.07) is 12.4. The van der Waals surface area contributed by atoms with Crippen LogP contribution in [0.5, 0.6) is 0 Å². The van der Waals surface area contributed by atoms with Crippen molar-refractivity contribution in [2.45, 2.75) is 23.3 Å². The van der Waals surface area contributed by atoms with Gasteiger partial charge in [-0.2, -0.15) is 4.31 Å². The van der Waals surface area contributed by atoms with Gasteiger partial charge in [0.15, 0.2) is 0 Å². The molecule has 0 saturated carbocycles. The van der Waals surface area contributed by atoms with Gasteiger partial charge in [0, 0.05) is 13.6 Å². The lowest BCUT2D eigenvalue weighted by atomic mass is 10.1. The van der Waals surface area contributed by atoms with Crippen LogP contribution in [0.4, 0.5) is 0 Å². The second kappa shape index (κ2) is 6.40. The van der Waals surface area contributed by atoms with Gasteiger partial charge in [-0.25, -0.2) is 22.0 Å². The third kappa shape index (κ3) is 3.97. The highest BCUT2D eigenvalue weighted by Crippen LogP contribution is 2.19. The third-order valence-corrected chi connectivity index (χ3v) is 6.26. The summed E-state index contributed by atoms with van der Waals surface area (Å²) < 4.78 is 48.8. The van der Waals surface area contributed by atoms with Crippen molar-refractivity contribution in [3.63, 3.8) is 0 Å². The first-order chi connectivity index (χ1) is 10.6. The Labute approximate surface area is 136 Å². The summed E-state index contributed by atoms with van der Waals surface area (Å²) in [5, 5.41) is 5.01. The minimum atomic E-state index is -3.85. The number of nitrogens with zero attached hydrogens (tertiary/aromatic N) is 1. The minimum Gasteiger partial charge on any atom is -0.225 e. The van der Waals surface area contributed by atoms with Crippen molar-refractivity contribution < 1.29 is 16.8 Å². The van der Waals surface area contributed by atoms with Crippen molar-refractivity contribution in [1.29, 1.82) is 0 Å². The fraction of sp³-hybridized carbons (Fsp3) is 0.200. The molecule has 2 aromatic carbocycles. The number of benzene rings is 2. The van der Waals surface area contributed by atoms with Crippen LogP contribution >= 0.6 is 0 Å². The van der Waals surface area contributed by atoms with Gasteiger partial charge < -0.3 is 0 Å². The first-order valence-electron chi connectivity index (χ1n) is 6.76. The summed E-state index contributed by atoms with van der Waals surface area (Å²) >= 11 is 0. The Morgan fingerprint density at radius 3 is 1.96 bits per heavy atom. The van der Waals surface area contributed by atoms with Crippen LogP contribution in [-0.2, 0) is 26.6 Å². The van der Waals surface area contributed by atoms with E-state index in [0.717, 1.165) is 11.1 Å². The smallest absolute Gasteiger partial charge is 0.225 e. The minimum absolute atomic E-state index is 0.0148. The standard InChI is InChI=1S/C15H18N2O4S2/c1-12-5-3-4-6-13(12)11-17(2)23(20,21)15-9-7-14(8-10-15)22(16,18)19/h3-10H,11H2,1-2H3,(H2,16,18,19). The summed E-state index contributed by atoms with van der Waals surface area (Å²) in [6.07, 6.45) is 0. The van der Waals surface area contributed by atoms with Crippen LogP contribution in [0.25, 0.3) is 0 Å². The molecular weight excluding hydrogens is 336 g/mol. The van der Waals surface area contributed by atoms with Crippen molar-refractivity contribution in [2.24, 2.45) is 5.14 Å². The van der Waals surface area contributed by atoms with Gasteiger partial charge >= 0.3 is 0 Å². The van der Waals surface area contributed by atoms with Crippen molar-refractivity contribution in [1.82, 2.24) is 4.31 Å².